The molecule has 5 rings (SSSR count). The Kier molecular flexibility index (Phi) is 6.92. The number of ether oxygens (including phenoxy) is 1. The summed E-state index contributed by atoms with van der Waals surface area (Å²) < 4.78 is 58.8. The SMILES string of the molecule is CCc1c(C(=O)N2CCOc3ccc(-c4ccc5nc(CF)[nH]c5c4)cc3C2)ccc(S(=O)(=O)CC)c1F. The third kappa shape index (κ3) is 4.64. The third-order valence-electron chi connectivity index (χ3n) is 6.83. The fraction of sp³-hybridized carbons (Fsp3) is 0.286. The predicted molar refractivity (Wildman–Crippen MR) is 140 cm³/mol. The Morgan fingerprint density at radius 3 is 2.61 bits per heavy atom. The van der Waals surface area contributed by atoms with Crippen molar-refractivity contribution >= 4 is 26.8 Å². The highest BCUT2D eigenvalue weighted by molar-refractivity contribution is 7.91. The van der Waals surface area contributed by atoms with Crippen LogP contribution in [0.3, 0.4) is 0 Å². The number of carbonyl (C=O) groups is 1. The number of benzene rings is 3. The first-order valence-corrected chi connectivity index (χ1v) is 14.0. The van der Waals surface area contributed by atoms with Gasteiger partial charge in [0.25, 0.3) is 5.91 Å². The molecule has 0 atom stereocenters. The molecule has 0 fully saturated rings. The predicted octanol–water partition coefficient (Wildman–Crippen LogP) is 5.23. The van der Waals surface area contributed by atoms with Gasteiger partial charge in [0, 0.05) is 23.2 Å². The lowest BCUT2D eigenvalue weighted by atomic mass is 10.0. The number of hydrogen-bond donors (Lipinski definition) is 1. The molecule has 1 aliphatic rings. The van der Waals surface area contributed by atoms with Gasteiger partial charge in [0.2, 0.25) is 0 Å². The molecule has 1 amide bonds. The summed E-state index contributed by atoms with van der Waals surface area (Å²) in [4.78, 5) is 21.9. The average molecular weight is 540 g/mol. The standard InChI is InChI=1S/C28H27F2N3O4S/c1-3-20-21(7-10-25(27(20)30)38(35,36)4-2)28(34)33-11-12-37-24-9-6-17(13-19(24)16-33)18-5-8-22-23(14-18)32-26(15-29)31-22/h5-10,13-14H,3-4,11-12,15-16H2,1-2H3,(H,31,32). The summed E-state index contributed by atoms with van der Waals surface area (Å²) in [6.07, 6.45) is 0.172. The number of sulfone groups is 1. The Hall–Kier alpha value is -3.79. The molecule has 7 nitrogen and oxygen atoms in total. The molecule has 0 spiro atoms. The normalized spacial score (nSPS) is 13.7. The summed E-state index contributed by atoms with van der Waals surface area (Å²) in [5, 5.41) is 0. The van der Waals surface area contributed by atoms with E-state index >= 15 is 4.39 Å². The number of imidazole rings is 1. The van der Waals surface area contributed by atoms with E-state index in [0.29, 0.717) is 11.3 Å². The van der Waals surface area contributed by atoms with Crippen LogP contribution in [0, 0.1) is 5.82 Å². The molecule has 0 saturated carbocycles. The van der Waals surface area contributed by atoms with Crippen molar-refractivity contribution in [2.75, 3.05) is 18.9 Å². The van der Waals surface area contributed by atoms with Crippen LogP contribution in [0.25, 0.3) is 22.2 Å². The fourth-order valence-corrected chi connectivity index (χ4v) is 5.75. The number of amides is 1. The zero-order valence-electron chi connectivity index (χ0n) is 21.1. The van der Waals surface area contributed by atoms with Crippen molar-refractivity contribution in [3.05, 3.63) is 76.9 Å². The lowest BCUT2D eigenvalue weighted by Gasteiger charge is -2.22. The van der Waals surface area contributed by atoms with Crippen LogP contribution in [-0.2, 0) is 29.5 Å². The Bertz CT molecular complexity index is 1650. The third-order valence-corrected chi connectivity index (χ3v) is 8.57. The van der Waals surface area contributed by atoms with E-state index < -0.39 is 22.3 Å². The maximum atomic E-state index is 15.2. The largest absolute Gasteiger partial charge is 0.491 e. The highest BCUT2D eigenvalue weighted by Gasteiger charge is 2.27. The number of fused-ring (bicyclic) bond motifs is 2. The molecule has 198 valence electrons. The minimum Gasteiger partial charge on any atom is -0.491 e. The van der Waals surface area contributed by atoms with Gasteiger partial charge in [-0.1, -0.05) is 26.0 Å². The molecule has 10 heteroatoms. The van der Waals surface area contributed by atoms with Gasteiger partial charge in [0.1, 0.15) is 35.6 Å². The number of aromatic amines is 1. The molecule has 2 heterocycles. The minimum atomic E-state index is -3.76. The van der Waals surface area contributed by atoms with Crippen molar-refractivity contribution in [2.24, 2.45) is 0 Å². The molecule has 0 bridgehead atoms. The molecule has 1 aliphatic heterocycles. The van der Waals surface area contributed by atoms with Gasteiger partial charge < -0.3 is 14.6 Å². The first kappa shape index (κ1) is 25.8. The second-order valence-electron chi connectivity index (χ2n) is 9.11. The number of carbonyl (C=O) groups excluding carboxylic acids is 1. The number of alkyl halides is 1. The van der Waals surface area contributed by atoms with Crippen LogP contribution in [0.15, 0.2) is 53.4 Å². The smallest absolute Gasteiger partial charge is 0.254 e. The van der Waals surface area contributed by atoms with Gasteiger partial charge in [-0.15, -0.1) is 0 Å². The molecular formula is C28H27F2N3O4S. The monoisotopic (exact) mass is 539 g/mol. The van der Waals surface area contributed by atoms with Crippen molar-refractivity contribution in [3.8, 4) is 16.9 Å². The van der Waals surface area contributed by atoms with Crippen LogP contribution in [-0.4, -0.2) is 48.1 Å². The molecule has 1 N–H and O–H groups in total. The van der Waals surface area contributed by atoms with E-state index in [0.717, 1.165) is 22.2 Å². The number of rotatable bonds is 6. The summed E-state index contributed by atoms with van der Waals surface area (Å²) in [7, 11) is -3.76. The number of nitrogens with one attached hydrogen (secondary N) is 1. The summed E-state index contributed by atoms with van der Waals surface area (Å²) in [6.45, 7) is 3.25. The molecule has 1 aromatic heterocycles. The number of hydrogen-bond acceptors (Lipinski definition) is 5. The maximum Gasteiger partial charge on any atom is 0.254 e. The van der Waals surface area contributed by atoms with Crippen LogP contribution < -0.4 is 4.74 Å². The van der Waals surface area contributed by atoms with Gasteiger partial charge in [-0.2, -0.15) is 0 Å². The van der Waals surface area contributed by atoms with Crippen LogP contribution >= 0.6 is 0 Å². The van der Waals surface area contributed by atoms with Gasteiger partial charge in [0.15, 0.2) is 9.84 Å². The lowest BCUT2D eigenvalue weighted by Crippen LogP contribution is -2.33. The van der Waals surface area contributed by atoms with E-state index in [2.05, 4.69) is 9.97 Å². The van der Waals surface area contributed by atoms with E-state index in [9.17, 15) is 17.6 Å². The van der Waals surface area contributed by atoms with Crippen molar-refractivity contribution in [1.82, 2.24) is 14.9 Å². The first-order chi connectivity index (χ1) is 18.2. The van der Waals surface area contributed by atoms with Gasteiger partial charge in [-0.25, -0.2) is 22.2 Å². The van der Waals surface area contributed by atoms with Gasteiger partial charge >= 0.3 is 0 Å². The Labute approximate surface area is 219 Å². The fourth-order valence-electron chi connectivity index (χ4n) is 4.76. The summed E-state index contributed by atoms with van der Waals surface area (Å²) in [6, 6.07) is 13.9. The minimum absolute atomic E-state index is 0.0872. The van der Waals surface area contributed by atoms with Gasteiger partial charge in [-0.05, 0) is 53.9 Å². The molecule has 4 aromatic rings. The summed E-state index contributed by atoms with van der Waals surface area (Å²) >= 11 is 0. The Morgan fingerprint density at radius 2 is 1.87 bits per heavy atom. The molecule has 0 aliphatic carbocycles. The second-order valence-corrected chi connectivity index (χ2v) is 11.4. The van der Waals surface area contributed by atoms with E-state index in [1.54, 1.807) is 11.8 Å². The molecule has 3 aromatic carbocycles. The van der Waals surface area contributed by atoms with Crippen LogP contribution in [0.4, 0.5) is 8.78 Å². The van der Waals surface area contributed by atoms with Gasteiger partial charge in [-0.3, -0.25) is 4.79 Å². The number of nitrogens with zero attached hydrogens (tertiary/aromatic N) is 2. The topological polar surface area (TPSA) is 92.4 Å². The zero-order valence-corrected chi connectivity index (χ0v) is 21.9. The van der Waals surface area contributed by atoms with Crippen LogP contribution in [0.5, 0.6) is 5.75 Å². The van der Waals surface area contributed by atoms with Crippen LogP contribution in [0.2, 0.25) is 0 Å². The molecule has 0 unspecified atom stereocenters. The van der Waals surface area contributed by atoms with E-state index in [1.165, 1.54) is 19.1 Å². The van der Waals surface area contributed by atoms with E-state index in [4.69, 9.17) is 4.74 Å². The number of H-pyrrole nitrogens is 1. The zero-order chi connectivity index (χ0) is 27.0. The van der Waals surface area contributed by atoms with E-state index in [-0.39, 0.29) is 59.6 Å². The number of halogens is 2. The van der Waals surface area contributed by atoms with Crippen molar-refractivity contribution in [2.45, 2.75) is 38.4 Å². The molecule has 0 saturated heterocycles. The molecule has 0 radical (unpaired) electrons. The van der Waals surface area contributed by atoms with Gasteiger partial charge in [0.05, 0.1) is 23.3 Å². The van der Waals surface area contributed by atoms with Crippen molar-refractivity contribution in [1.29, 1.82) is 0 Å². The summed E-state index contributed by atoms with van der Waals surface area (Å²) in [5.41, 5.74) is 4.19. The maximum absolute atomic E-state index is 15.2. The lowest BCUT2D eigenvalue weighted by molar-refractivity contribution is 0.0731. The first-order valence-electron chi connectivity index (χ1n) is 12.4. The van der Waals surface area contributed by atoms with E-state index in [1.807, 2.05) is 36.4 Å². The number of aromatic nitrogens is 2. The Morgan fingerprint density at radius 1 is 1.11 bits per heavy atom. The highest BCUT2D eigenvalue weighted by Crippen LogP contribution is 2.32. The molecular weight excluding hydrogens is 512 g/mol. The second kappa shape index (κ2) is 10.2. The summed E-state index contributed by atoms with van der Waals surface area (Å²) in [5.74, 6) is -0.560. The van der Waals surface area contributed by atoms with Crippen molar-refractivity contribution < 1.29 is 26.7 Å². The van der Waals surface area contributed by atoms with Crippen LogP contribution in [0.1, 0.15) is 41.2 Å². The molecule has 38 heavy (non-hydrogen) atoms. The Balaban J connectivity index is 1.47. The highest BCUT2D eigenvalue weighted by atomic mass is 32.2. The average Bonchev–Trinajstić information content (AvgIpc) is 3.22. The quantitative estimate of drug-likeness (QED) is 0.362. The van der Waals surface area contributed by atoms with Crippen molar-refractivity contribution in [3.63, 3.8) is 0 Å².